The first-order valence-electron chi connectivity index (χ1n) is 9.51. The Morgan fingerprint density at radius 1 is 1.17 bits per heavy atom. The first-order valence-corrected chi connectivity index (χ1v) is 9.88. The van der Waals surface area contributed by atoms with E-state index in [1.54, 1.807) is 18.2 Å². The molecule has 0 aliphatic rings. The molecule has 3 rings (SSSR count). The summed E-state index contributed by atoms with van der Waals surface area (Å²) < 4.78 is 26.6. The predicted octanol–water partition coefficient (Wildman–Crippen LogP) is 5.90. The summed E-state index contributed by atoms with van der Waals surface area (Å²) in [5.41, 5.74) is 1.65. The maximum Gasteiger partial charge on any atom is 0.256 e. The van der Waals surface area contributed by atoms with Crippen LogP contribution in [0.1, 0.15) is 37.0 Å². The second-order valence-electron chi connectivity index (χ2n) is 7.01. The number of aromatic amines is 1. The molecule has 1 amide bonds. The highest BCUT2D eigenvalue weighted by atomic mass is 35.5. The van der Waals surface area contributed by atoms with E-state index in [4.69, 9.17) is 11.6 Å². The molecule has 8 heteroatoms. The number of aromatic nitrogens is 2. The fraction of sp³-hybridized carbons (Fsp3) is 0.227. The summed E-state index contributed by atoms with van der Waals surface area (Å²) >= 11 is 5.92. The van der Waals surface area contributed by atoms with E-state index in [9.17, 15) is 13.6 Å². The number of halogens is 3. The zero-order valence-corrected chi connectivity index (χ0v) is 17.3. The number of rotatable bonds is 6. The van der Waals surface area contributed by atoms with Gasteiger partial charge in [0, 0.05) is 23.1 Å². The molecule has 0 spiro atoms. The number of aliphatic imine (C=N–C) groups is 1. The normalized spacial score (nSPS) is 12.6. The third-order valence-electron chi connectivity index (χ3n) is 4.65. The Kier molecular flexibility index (Phi) is 6.95. The number of nitrogens with zero attached hydrogens (tertiary/aromatic N) is 2. The molecule has 0 aliphatic carbocycles. The number of H-pyrrole nitrogens is 1. The molecular weight excluding hydrogens is 410 g/mol. The largest absolute Gasteiger partial charge is 0.310 e. The zero-order valence-electron chi connectivity index (χ0n) is 16.5. The van der Waals surface area contributed by atoms with E-state index in [0.29, 0.717) is 23.1 Å². The molecule has 156 valence electrons. The Hall–Kier alpha value is -3.06. The molecule has 2 N–H and O–H groups in total. The number of amides is 1. The van der Waals surface area contributed by atoms with Gasteiger partial charge in [-0.2, -0.15) is 5.10 Å². The average molecular weight is 431 g/mol. The van der Waals surface area contributed by atoms with Crippen LogP contribution >= 0.6 is 11.6 Å². The van der Waals surface area contributed by atoms with E-state index in [1.807, 2.05) is 26.0 Å². The number of hydrogen-bond acceptors (Lipinski definition) is 3. The highest BCUT2D eigenvalue weighted by Crippen LogP contribution is 2.23. The summed E-state index contributed by atoms with van der Waals surface area (Å²) in [5.74, 6) is -1.61. The van der Waals surface area contributed by atoms with Crippen molar-refractivity contribution in [2.24, 2.45) is 10.9 Å². The van der Waals surface area contributed by atoms with E-state index in [-0.39, 0.29) is 11.5 Å². The first-order chi connectivity index (χ1) is 14.4. The Morgan fingerprint density at radius 2 is 1.90 bits per heavy atom. The van der Waals surface area contributed by atoms with Gasteiger partial charge in [0.2, 0.25) is 0 Å². The van der Waals surface area contributed by atoms with Gasteiger partial charge in [-0.15, -0.1) is 0 Å². The molecule has 0 radical (unpaired) electrons. The molecule has 1 atom stereocenters. The molecule has 0 saturated heterocycles. The van der Waals surface area contributed by atoms with E-state index in [0.717, 1.165) is 29.8 Å². The van der Waals surface area contributed by atoms with Crippen molar-refractivity contribution in [3.63, 3.8) is 0 Å². The lowest BCUT2D eigenvalue weighted by Crippen LogP contribution is -2.31. The monoisotopic (exact) mass is 430 g/mol. The summed E-state index contributed by atoms with van der Waals surface area (Å²) in [6.07, 6.45) is 1.38. The van der Waals surface area contributed by atoms with Gasteiger partial charge in [-0.25, -0.2) is 13.8 Å². The number of amidine groups is 1. The Morgan fingerprint density at radius 3 is 2.57 bits per heavy atom. The van der Waals surface area contributed by atoms with Crippen LogP contribution in [0.3, 0.4) is 0 Å². The molecule has 3 aromatic rings. The molecule has 30 heavy (non-hydrogen) atoms. The van der Waals surface area contributed by atoms with Crippen molar-refractivity contribution in [1.82, 2.24) is 15.5 Å². The molecule has 0 bridgehead atoms. The minimum atomic E-state index is -1.08. The van der Waals surface area contributed by atoms with E-state index >= 15 is 0 Å². The maximum atomic E-state index is 13.5. The molecule has 0 fully saturated rings. The van der Waals surface area contributed by atoms with Crippen LogP contribution < -0.4 is 5.32 Å². The summed E-state index contributed by atoms with van der Waals surface area (Å²) in [4.78, 5) is 17.0. The standard InChI is InChI=1S/C22H21ClF2N4O/c1-3-13(2)10-20(27-22(30)15-6-9-17(24)18(25)11-15)26-21-12-19(28-29-21)14-4-7-16(23)8-5-14/h4-9,11-13H,3,10H2,1-2H3,(H2,26,27,28,29,30). The van der Waals surface area contributed by atoms with Crippen LogP contribution in [0.25, 0.3) is 11.3 Å². The fourth-order valence-corrected chi connectivity index (χ4v) is 2.85. The summed E-state index contributed by atoms with van der Waals surface area (Å²) in [6.45, 7) is 4.07. The van der Waals surface area contributed by atoms with Crippen molar-refractivity contribution in [1.29, 1.82) is 0 Å². The quantitative estimate of drug-likeness (QED) is 0.377. The molecule has 1 aromatic heterocycles. The number of nitrogens with one attached hydrogen (secondary N) is 2. The second kappa shape index (κ2) is 9.63. The lowest BCUT2D eigenvalue weighted by molar-refractivity contribution is 0.0975. The highest BCUT2D eigenvalue weighted by Gasteiger charge is 2.15. The Bertz CT molecular complexity index is 1060. The molecule has 0 saturated carbocycles. The van der Waals surface area contributed by atoms with Gasteiger partial charge in [0.1, 0.15) is 5.84 Å². The van der Waals surface area contributed by atoms with Crippen molar-refractivity contribution in [2.45, 2.75) is 26.7 Å². The molecule has 5 nitrogen and oxygen atoms in total. The van der Waals surface area contributed by atoms with E-state index in [2.05, 4.69) is 20.5 Å². The predicted molar refractivity (Wildman–Crippen MR) is 114 cm³/mol. The van der Waals surface area contributed by atoms with E-state index in [1.165, 1.54) is 6.07 Å². The average Bonchev–Trinajstić information content (AvgIpc) is 3.18. The molecule has 0 aliphatic heterocycles. The summed E-state index contributed by atoms with van der Waals surface area (Å²) in [5, 5.41) is 10.4. The number of benzene rings is 2. The Balaban J connectivity index is 1.84. The second-order valence-corrected chi connectivity index (χ2v) is 7.44. The summed E-state index contributed by atoms with van der Waals surface area (Å²) in [6, 6.07) is 12.0. The van der Waals surface area contributed by atoms with Crippen molar-refractivity contribution >= 4 is 29.2 Å². The van der Waals surface area contributed by atoms with Gasteiger partial charge in [0.15, 0.2) is 17.5 Å². The van der Waals surface area contributed by atoms with Crippen molar-refractivity contribution in [2.75, 3.05) is 0 Å². The highest BCUT2D eigenvalue weighted by molar-refractivity contribution is 6.30. The van der Waals surface area contributed by atoms with Gasteiger partial charge in [0.05, 0.1) is 5.69 Å². The molecule has 2 aromatic carbocycles. The van der Waals surface area contributed by atoms with Crippen molar-refractivity contribution in [3.05, 3.63) is 70.8 Å². The SMILES string of the molecule is CCC(C)CC(=Nc1cc(-c2ccc(Cl)cc2)[nH]n1)NC(=O)c1ccc(F)c(F)c1. The number of hydrogen-bond donors (Lipinski definition) is 2. The van der Waals surface area contributed by atoms with Gasteiger partial charge in [-0.05, 0) is 41.8 Å². The van der Waals surface area contributed by atoms with Crippen LogP contribution in [0, 0.1) is 17.6 Å². The van der Waals surface area contributed by atoms with Gasteiger partial charge in [0.25, 0.3) is 5.91 Å². The lowest BCUT2D eigenvalue weighted by Gasteiger charge is -2.12. The van der Waals surface area contributed by atoms with Gasteiger partial charge >= 0.3 is 0 Å². The Labute approximate surface area is 178 Å². The molecule has 1 unspecified atom stereocenters. The lowest BCUT2D eigenvalue weighted by atomic mass is 10.0. The summed E-state index contributed by atoms with van der Waals surface area (Å²) in [7, 11) is 0. The van der Waals surface area contributed by atoms with Crippen LogP contribution in [0.5, 0.6) is 0 Å². The topological polar surface area (TPSA) is 70.1 Å². The fourth-order valence-electron chi connectivity index (χ4n) is 2.72. The first kappa shape index (κ1) is 21.6. The van der Waals surface area contributed by atoms with Gasteiger partial charge in [-0.3, -0.25) is 9.89 Å². The van der Waals surface area contributed by atoms with Gasteiger partial charge in [-0.1, -0.05) is 44.0 Å². The molecule has 1 heterocycles. The number of carbonyl (C=O) groups excluding carboxylic acids is 1. The van der Waals surface area contributed by atoms with Gasteiger partial charge < -0.3 is 5.32 Å². The van der Waals surface area contributed by atoms with Crippen molar-refractivity contribution in [3.8, 4) is 11.3 Å². The van der Waals surface area contributed by atoms with Crippen LogP contribution in [0.15, 0.2) is 53.5 Å². The van der Waals surface area contributed by atoms with Crippen molar-refractivity contribution < 1.29 is 13.6 Å². The third-order valence-corrected chi connectivity index (χ3v) is 4.90. The minimum Gasteiger partial charge on any atom is -0.310 e. The smallest absolute Gasteiger partial charge is 0.256 e. The van der Waals surface area contributed by atoms with Crippen LogP contribution in [0.4, 0.5) is 14.6 Å². The minimum absolute atomic E-state index is 0.00892. The van der Waals surface area contributed by atoms with Crippen LogP contribution in [-0.4, -0.2) is 21.9 Å². The molecular formula is C22H21ClF2N4O. The zero-order chi connectivity index (χ0) is 21.7. The van der Waals surface area contributed by atoms with Crippen LogP contribution in [0.2, 0.25) is 5.02 Å². The maximum absolute atomic E-state index is 13.5. The van der Waals surface area contributed by atoms with E-state index < -0.39 is 17.5 Å². The third kappa shape index (κ3) is 5.51. The van der Waals surface area contributed by atoms with Crippen LogP contribution in [-0.2, 0) is 0 Å². The number of carbonyl (C=O) groups is 1.